The van der Waals surface area contributed by atoms with Crippen molar-refractivity contribution >= 4 is 21.4 Å². The summed E-state index contributed by atoms with van der Waals surface area (Å²) < 4.78 is 34.8. The van der Waals surface area contributed by atoms with Crippen LogP contribution in [0.25, 0.3) is 0 Å². The fourth-order valence-electron chi connectivity index (χ4n) is 1.59. The van der Waals surface area contributed by atoms with E-state index < -0.39 is 26.0 Å². The summed E-state index contributed by atoms with van der Waals surface area (Å²) in [6.07, 6.45) is -0.707. The Morgan fingerprint density at radius 1 is 1.47 bits per heavy atom. The Morgan fingerprint density at radius 3 is 2.41 bits per heavy atom. The van der Waals surface area contributed by atoms with Gasteiger partial charge in [-0.1, -0.05) is 36.7 Å². The van der Waals surface area contributed by atoms with Crippen molar-refractivity contribution in [2.45, 2.75) is 23.7 Å². The van der Waals surface area contributed by atoms with Crippen LogP contribution in [-0.2, 0) is 9.84 Å². The fraction of sp³-hybridized carbons (Fsp3) is 0.455. The minimum Gasteiger partial charge on any atom is -0.385 e. The minimum absolute atomic E-state index is 0.0249. The summed E-state index contributed by atoms with van der Waals surface area (Å²) in [5, 5.41) is 10.0. The predicted octanol–water partition coefficient (Wildman–Crippen LogP) is 2.25. The van der Waals surface area contributed by atoms with Gasteiger partial charge in [0.05, 0.1) is 0 Å². The Hall–Kier alpha value is -0.650. The molecule has 0 unspecified atom stereocenters. The molecule has 3 nitrogen and oxygen atoms in total. The average molecular weight is 281 g/mol. The highest BCUT2D eigenvalue weighted by molar-refractivity contribution is 7.93. The van der Waals surface area contributed by atoms with Gasteiger partial charge in [0.25, 0.3) is 0 Å². The van der Waals surface area contributed by atoms with Crippen LogP contribution >= 0.6 is 11.6 Å². The van der Waals surface area contributed by atoms with Gasteiger partial charge in [0.15, 0.2) is 14.0 Å². The molecule has 0 aromatic heterocycles. The minimum atomic E-state index is -3.73. The third kappa shape index (κ3) is 2.61. The van der Waals surface area contributed by atoms with Gasteiger partial charge >= 0.3 is 0 Å². The van der Waals surface area contributed by atoms with E-state index in [1.54, 1.807) is 0 Å². The van der Waals surface area contributed by atoms with E-state index in [-0.39, 0.29) is 12.0 Å². The fourth-order valence-corrected chi connectivity index (χ4v) is 2.76. The lowest BCUT2D eigenvalue weighted by atomic mass is 10.0. The quantitative estimate of drug-likeness (QED) is 0.861. The third-order valence-electron chi connectivity index (χ3n) is 2.71. The van der Waals surface area contributed by atoms with E-state index in [4.69, 9.17) is 11.6 Å². The van der Waals surface area contributed by atoms with E-state index in [0.717, 1.165) is 12.3 Å². The zero-order valence-electron chi connectivity index (χ0n) is 9.52. The second kappa shape index (κ2) is 4.92. The number of alkyl halides is 1. The van der Waals surface area contributed by atoms with Crippen molar-refractivity contribution in [1.29, 1.82) is 0 Å². The molecule has 0 heterocycles. The molecule has 17 heavy (non-hydrogen) atoms. The number of aliphatic hydroxyl groups is 1. The number of halogens is 2. The zero-order valence-corrected chi connectivity index (χ0v) is 11.1. The highest BCUT2D eigenvalue weighted by atomic mass is 35.5. The molecule has 0 bridgehead atoms. The third-order valence-corrected chi connectivity index (χ3v) is 5.77. The van der Waals surface area contributed by atoms with Crippen LogP contribution < -0.4 is 0 Å². The molecular weight excluding hydrogens is 267 g/mol. The van der Waals surface area contributed by atoms with Crippen LogP contribution in [0.3, 0.4) is 0 Å². The van der Waals surface area contributed by atoms with Gasteiger partial charge in [-0.05, 0) is 12.5 Å². The molecule has 96 valence electrons. The van der Waals surface area contributed by atoms with Crippen molar-refractivity contribution in [3.63, 3.8) is 0 Å². The Bertz CT molecular complexity index is 503. The molecule has 1 N–H and O–H groups in total. The summed E-state index contributed by atoms with van der Waals surface area (Å²) in [6, 6.07) is 5.43. The molecule has 1 rings (SSSR count). The van der Waals surface area contributed by atoms with Crippen LogP contribution in [0.1, 0.15) is 25.0 Å². The van der Waals surface area contributed by atoms with Crippen molar-refractivity contribution in [2.75, 3.05) is 6.26 Å². The number of hydrogen-bond acceptors (Lipinski definition) is 3. The van der Waals surface area contributed by atoms with Crippen LogP contribution in [-0.4, -0.2) is 24.0 Å². The molecular formula is C11H14ClFO3S. The van der Waals surface area contributed by atoms with Gasteiger partial charge in [0.1, 0.15) is 11.9 Å². The second-order valence-corrected chi connectivity index (χ2v) is 7.01. The highest BCUT2D eigenvalue weighted by Crippen LogP contribution is 2.40. The summed E-state index contributed by atoms with van der Waals surface area (Å²) >= 11 is 5.95. The first-order chi connectivity index (χ1) is 7.74. The molecule has 1 aromatic carbocycles. The smallest absolute Gasteiger partial charge is 0.175 e. The molecule has 0 aliphatic rings. The van der Waals surface area contributed by atoms with Crippen molar-refractivity contribution in [3.05, 3.63) is 35.6 Å². The van der Waals surface area contributed by atoms with Crippen molar-refractivity contribution in [2.24, 2.45) is 0 Å². The van der Waals surface area contributed by atoms with Crippen LogP contribution in [0, 0.1) is 5.82 Å². The van der Waals surface area contributed by atoms with Crippen molar-refractivity contribution in [3.8, 4) is 0 Å². The van der Waals surface area contributed by atoms with Gasteiger partial charge < -0.3 is 5.11 Å². The second-order valence-electron chi connectivity index (χ2n) is 3.84. The number of rotatable bonds is 4. The van der Waals surface area contributed by atoms with Gasteiger partial charge in [0.2, 0.25) is 0 Å². The molecule has 0 fully saturated rings. The maximum Gasteiger partial charge on any atom is 0.175 e. The summed E-state index contributed by atoms with van der Waals surface area (Å²) in [6.45, 7) is 1.53. The molecule has 0 aliphatic heterocycles. The summed E-state index contributed by atoms with van der Waals surface area (Å²) in [5.74, 6) is -0.679. The molecule has 0 spiro atoms. The largest absolute Gasteiger partial charge is 0.385 e. The average Bonchev–Trinajstić information content (AvgIpc) is 2.26. The van der Waals surface area contributed by atoms with E-state index in [9.17, 15) is 17.9 Å². The predicted molar refractivity (Wildman–Crippen MR) is 65.1 cm³/mol. The van der Waals surface area contributed by atoms with Gasteiger partial charge in [-0.2, -0.15) is 0 Å². The van der Waals surface area contributed by atoms with Gasteiger partial charge in [-0.3, -0.25) is 0 Å². The van der Waals surface area contributed by atoms with Crippen LogP contribution in [0.15, 0.2) is 24.3 Å². The molecule has 0 aliphatic carbocycles. The molecule has 0 radical (unpaired) electrons. The van der Waals surface area contributed by atoms with Crippen LogP contribution in [0.2, 0.25) is 0 Å². The topological polar surface area (TPSA) is 54.4 Å². The molecule has 0 amide bonds. The van der Waals surface area contributed by atoms with Gasteiger partial charge in [0, 0.05) is 11.8 Å². The zero-order chi connectivity index (χ0) is 13.3. The van der Waals surface area contributed by atoms with Gasteiger partial charge in [-0.15, -0.1) is 0 Å². The van der Waals surface area contributed by atoms with Crippen molar-refractivity contribution in [1.82, 2.24) is 0 Å². The highest BCUT2D eigenvalue weighted by Gasteiger charge is 2.45. The van der Waals surface area contributed by atoms with Crippen LogP contribution in [0.5, 0.6) is 0 Å². The number of sulfone groups is 1. The summed E-state index contributed by atoms with van der Waals surface area (Å²) in [5.41, 5.74) is -0.116. The Kier molecular flexibility index (Phi) is 4.17. The maximum atomic E-state index is 13.5. The lowest BCUT2D eigenvalue weighted by molar-refractivity contribution is 0.150. The number of hydrogen-bond donors (Lipinski definition) is 1. The van der Waals surface area contributed by atoms with Crippen molar-refractivity contribution < 1.29 is 17.9 Å². The van der Waals surface area contributed by atoms with E-state index in [1.807, 2.05) is 0 Å². The van der Waals surface area contributed by atoms with E-state index in [0.29, 0.717) is 0 Å². The summed E-state index contributed by atoms with van der Waals surface area (Å²) in [4.78, 5) is 0. The molecule has 0 saturated carbocycles. The maximum absolute atomic E-state index is 13.5. The first-order valence-corrected chi connectivity index (χ1v) is 7.32. The molecule has 2 atom stereocenters. The van der Waals surface area contributed by atoms with Gasteiger partial charge in [-0.25, -0.2) is 12.8 Å². The SMILES string of the molecule is CC[C@](Cl)([C@@H](O)c1ccccc1F)S(C)(=O)=O. The normalized spacial score (nSPS) is 17.5. The first-order valence-electron chi connectivity index (χ1n) is 5.05. The first kappa shape index (κ1) is 14.4. The Balaban J connectivity index is 3.29. The monoisotopic (exact) mass is 280 g/mol. The molecule has 1 aromatic rings. The summed E-state index contributed by atoms with van der Waals surface area (Å²) in [7, 11) is -3.73. The molecule has 6 heteroatoms. The van der Waals surface area contributed by atoms with E-state index in [1.165, 1.54) is 25.1 Å². The van der Waals surface area contributed by atoms with E-state index >= 15 is 0 Å². The Morgan fingerprint density at radius 2 is 2.00 bits per heavy atom. The van der Waals surface area contributed by atoms with E-state index in [2.05, 4.69) is 0 Å². The van der Waals surface area contributed by atoms with Crippen LogP contribution in [0.4, 0.5) is 4.39 Å². The lowest BCUT2D eigenvalue weighted by Crippen LogP contribution is -2.38. The number of aliphatic hydroxyl groups excluding tert-OH is 1. The Labute approximate surface area is 105 Å². The molecule has 0 saturated heterocycles. The standard InChI is InChI=1S/C11H14ClFO3S/c1-3-11(12,17(2,15)16)10(14)8-6-4-5-7-9(8)13/h4-7,10,14H,3H2,1-2H3/t10-,11+/m0/s1. The number of benzene rings is 1. The lowest BCUT2D eigenvalue weighted by Gasteiger charge is -2.29.